The highest BCUT2D eigenvalue weighted by Gasteiger charge is 2.13. The zero-order valence-electron chi connectivity index (χ0n) is 7.96. The summed E-state index contributed by atoms with van der Waals surface area (Å²) >= 11 is 0. The monoisotopic (exact) mass is 185 g/mol. The number of rotatable bonds is 5. The van der Waals surface area contributed by atoms with Crippen LogP contribution in [0, 0.1) is 0 Å². The second-order valence-electron chi connectivity index (χ2n) is 2.80. The van der Waals surface area contributed by atoms with Crippen molar-refractivity contribution in [1.29, 1.82) is 0 Å². The van der Waals surface area contributed by atoms with Crippen molar-refractivity contribution in [2.45, 2.75) is 32.8 Å². The summed E-state index contributed by atoms with van der Waals surface area (Å²) in [5.41, 5.74) is -0.282. The van der Waals surface area contributed by atoms with Gasteiger partial charge in [0.2, 0.25) is 0 Å². The number of H-pyrrole nitrogens is 2. The van der Waals surface area contributed by atoms with Gasteiger partial charge in [-0.05, 0) is 13.3 Å². The largest absolute Gasteiger partial charge is 0.371 e. The molecule has 1 heterocycles. The van der Waals surface area contributed by atoms with Crippen LogP contribution in [0.2, 0.25) is 0 Å². The molecule has 0 aliphatic rings. The van der Waals surface area contributed by atoms with Gasteiger partial charge in [-0.3, -0.25) is 4.98 Å². The first-order valence-electron chi connectivity index (χ1n) is 4.54. The molecule has 0 amide bonds. The third-order valence-corrected chi connectivity index (χ3v) is 1.74. The van der Waals surface area contributed by atoms with E-state index in [2.05, 4.69) is 22.1 Å². The third-order valence-electron chi connectivity index (χ3n) is 1.74. The highest BCUT2D eigenvalue weighted by atomic mass is 16.5. The lowest BCUT2D eigenvalue weighted by molar-refractivity contribution is 0.0496. The maximum atomic E-state index is 10.8. The van der Waals surface area contributed by atoms with Crippen LogP contribution in [-0.4, -0.2) is 21.8 Å². The fraction of sp³-hybridized carbons (Fsp3) is 0.750. The fourth-order valence-electron chi connectivity index (χ4n) is 1.20. The Bertz CT molecular complexity index is 286. The Hall–Kier alpha value is -1.10. The lowest BCUT2D eigenvalue weighted by Gasteiger charge is -2.12. The maximum absolute atomic E-state index is 10.8. The minimum atomic E-state index is -0.282. The highest BCUT2D eigenvalue weighted by Crippen LogP contribution is 2.17. The number of aromatic nitrogens is 3. The predicted molar refractivity (Wildman–Crippen MR) is 48.5 cm³/mol. The van der Waals surface area contributed by atoms with E-state index in [0.29, 0.717) is 12.4 Å². The van der Waals surface area contributed by atoms with Crippen molar-refractivity contribution < 1.29 is 4.74 Å². The zero-order valence-corrected chi connectivity index (χ0v) is 7.96. The van der Waals surface area contributed by atoms with Gasteiger partial charge in [0.15, 0.2) is 5.82 Å². The summed E-state index contributed by atoms with van der Waals surface area (Å²) in [6.07, 6.45) is 1.78. The molecule has 0 saturated heterocycles. The fourth-order valence-corrected chi connectivity index (χ4v) is 1.20. The number of aromatic amines is 2. The maximum Gasteiger partial charge on any atom is 0.340 e. The van der Waals surface area contributed by atoms with Gasteiger partial charge >= 0.3 is 5.69 Å². The Kier molecular flexibility index (Phi) is 3.70. The van der Waals surface area contributed by atoms with Crippen molar-refractivity contribution in [3.8, 4) is 0 Å². The van der Waals surface area contributed by atoms with E-state index >= 15 is 0 Å². The molecule has 74 valence electrons. The quantitative estimate of drug-likeness (QED) is 0.718. The molecule has 0 spiro atoms. The summed E-state index contributed by atoms with van der Waals surface area (Å²) in [7, 11) is 0. The molecule has 1 rings (SSSR count). The average molecular weight is 185 g/mol. The Labute approximate surface area is 76.5 Å². The normalized spacial score (nSPS) is 13.1. The molecule has 1 aromatic heterocycles. The minimum Gasteiger partial charge on any atom is -0.371 e. The third kappa shape index (κ3) is 2.69. The summed E-state index contributed by atoms with van der Waals surface area (Å²) in [6.45, 7) is 4.61. The molecular formula is C8H15N3O2. The van der Waals surface area contributed by atoms with Crippen molar-refractivity contribution in [1.82, 2.24) is 15.2 Å². The molecule has 13 heavy (non-hydrogen) atoms. The molecule has 0 aliphatic carbocycles. The predicted octanol–water partition coefficient (Wildman–Crippen LogP) is 0.976. The first-order valence-corrected chi connectivity index (χ1v) is 4.54. The standard InChI is InChI=1S/C8H15N3O2/c1-3-5-6(13-4-2)7-9-8(12)11-10-7/h6H,3-5H2,1-2H3,(H2,9,10,11,12). The zero-order chi connectivity index (χ0) is 9.68. The van der Waals surface area contributed by atoms with Gasteiger partial charge in [-0.25, -0.2) is 9.89 Å². The van der Waals surface area contributed by atoms with Gasteiger partial charge in [-0.15, -0.1) is 0 Å². The number of ether oxygens (including phenoxy) is 1. The van der Waals surface area contributed by atoms with Crippen molar-refractivity contribution in [2.24, 2.45) is 0 Å². The van der Waals surface area contributed by atoms with Gasteiger partial charge in [0.25, 0.3) is 0 Å². The van der Waals surface area contributed by atoms with E-state index in [9.17, 15) is 4.79 Å². The molecule has 0 bridgehead atoms. The Morgan fingerprint density at radius 2 is 2.31 bits per heavy atom. The van der Waals surface area contributed by atoms with Crippen LogP contribution in [0.1, 0.15) is 38.6 Å². The smallest absolute Gasteiger partial charge is 0.340 e. The van der Waals surface area contributed by atoms with E-state index in [-0.39, 0.29) is 11.8 Å². The molecule has 1 atom stereocenters. The van der Waals surface area contributed by atoms with Gasteiger partial charge in [0, 0.05) is 6.61 Å². The summed E-state index contributed by atoms with van der Waals surface area (Å²) in [5, 5.41) is 6.16. The van der Waals surface area contributed by atoms with Crippen molar-refractivity contribution in [3.63, 3.8) is 0 Å². The number of nitrogens with zero attached hydrogens (tertiary/aromatic N) is 1. The SMILES string of the molecule is CCCC(OCC)c1n[nH]c(=O)[nH]1. The Morgan fingerprint density at radius 1 is 1.54 bits per heavy atom. The van der Waals surface area contributed by atoms with Crippen LogP contribution < -0.4 is 5.69 Å². The molecule has 0 saturated carbocycles. The van der Waals surface area contributed by atoms with Crippen LogP contribution in [0.4, 0.5) is 0 Å². The summed E-state index contributed by atoms with van der Waals surface area (Å²) in [5.74, 6) is 0.591. The van der Waals surface area contributed by atoms with Crippen molar-refractivity contribution in [3.05, 3.63) is 16.3 Å². The van der Waals surface area contributed by atoms with Gasteiger partial charge in [0.05, 0.1) is 0 Å². The topological polar surface area (TPSA) is 70.8 Å². The lowest BCUT2D eigenvalue weighted by Crippen LogP contribution is -2.08. The van der Waals surface area contributed by atoms with E-state index in [1.165, 1.54) is 0 Å². The first-order chi connectivity index (χ1) is 6.27. The Balaban J connectivity index is 2.69. The first kappa shape index (κ1) is 9.98. The summed E-state index contributed by atoms with van der Waals surface area (Å²) in [6, 6.07) is 0. The van der Waals surface area contributed by atoms with Crippen molar-refractivity contribution >= 4 is 0 Å². The molecular weight excluding hydrogens is 170 g/mol. The average Bonchev–Trinajstić information content (AvgIpc) is 2.51. The molecule has 0 radical (unpaired) electrons. The van der Waals surface area contributed by atoms with Gasteiger partial charge in [-0.1, -0.05) is 13.3 Å². The van der Waals surface area contributed by atoms with E-state index in [4.69, 9.17) is 4.74 Å². The molecule has 0 fully saturated rings. The van der Waals surface area contributed by atoms with Crippen LogP contribution in [-0.2, 0) is 4.74 Å². The minimum absolute atomic E-state index is 0.0889. The highest BCUT2D eigenvalue weighted by molar-refractivity contribution is 4.87. The molecule has 1 aromatic rings. The Morgan fingerprint density at radius 3 is 2.77 bits per heavy atom. The van der Waals surface area contributed by atoms with Crippen molar-refractivity contribution in [2.75, 3.05) is 6.61 Å². The van der Waals surface area contributed by atoms with Gasteiger partial charge in [-0.2, -0.15) is 5.10 Å². The number of hydrogen-bond donors (Lipinski definition) is 2. The van der Waals surface area contributed by atoms with E-state index in [0.717, 1.165) is 12.8 Å². The molecule has 0 aliphatic heterocycles. The molecule has 1 unspecified atom stereocenters. The summed E-state index contributed by atoms with van der Waals surface area (Å²) < 4.78 is 5.43. The van der Waals surface area contributed by atoms with Crippen LogP contribution in [0.25, 0.3) is 0 Å². The second-order valence-corrected chi connectivity index (χ2v) is 2.80. The molecule has 0 aromatic carbocycles. The van der Waals surface area contributed by atoms with Gasteiger partial charge in [0.1, 0.15) is 6.10 Å². The van der Waals surface area contributed by atoms with E-state index < -0.39 is 0 Å². The van der Waals surface area contributed by atoms with Crippen LogP contribution in [0.5, 0.6) is 0 Å². The number of nitrogens with one attached hydrogen (secondary N) is 2. The summed E-state index contributed by atoms with van der Waals surface area (Å²) in [4.78, 5) is 13.4. The molecule has 2 N–H and O–H groups in total. The van der Waals surface area contributed by atoms with Crippen LogP contribution in [0.3, 0.4) is 0 Å². The molecule has 5 nitrogen and oxygen atoms in total. The molecule has 5 heteroatoms. The number of hydrogen-bond acceptors (Lipinski definition) is 3. The second kappa shape index (κ2) is 4.81. The van der Waals surface area contributed by atoms with Crippen LogP contribution in [0.15, 0.2) is 4.79 Å². The van der Waals surface area contributed by atoms with E-state index in [1.807, 2.05) is 6.92 Å². The van der Waals surface area contributed by atoms with Gasteiger partial charge < -0.3 is 4.74 Å². The van der Waals surface area contributed by atoms with Crippen LogP contribution >= 0.6 is 0 Å². The lowest BCUT2D eigenvalue weighted by atomic mass is 10.2. The van der Waals surface area contributed by atoms with E-state index in [1.54, 1.807) is 0 Å².